The first-order chi connectivity index (χ1) is 18.3. The number of hydrogen-bond donors (Lipinski definition) is 1. The van der Waals surface area contributed by atoms with E-state index < -0.39 is 45.9 Å². The molecule has 1 N–H and O–H groups in total. The molecule has 0 bridgehead atoms. The largest absolute Gasteiger partial charge is 0.498 e. The molecule has 2 amide bonds. The maximum atomic E-state index is 13.3. The third kappa shape index (κ3) is 7.94. The lowest BCUT2D eigenvalue weighted by Crippen LogP contribution is -2.54. The minimum Gasteiger partial charge on any atom is -0.444 e. The van der Waals surface area contributed by atoms with E-state index in [2.05, 4.69) is 15.3 Å². The molecule has 0 aromatic carbocycles. The Morgan fingerprint density at radius 3 is 2.25 bits per heavy atom. The highest BCUT2D eigenvalue weighted by atomic mass is 32.2. The molecule has 13 heteroatoms. The monoisotopic (exact) mass is 580 g/mol. The van der Waals surface area contributed by atoms with Crippen LogP contribution >= 0.6 is 0 Å². The lowest BCUT2D eigenvalue weighted by Gasteiger charge is -2.36. The predicted molar refractivity (Wildman–Crippen MR) is 152 cm³/mol. The van der Waals surface area contributed by atoms with Gasteiger partial charge in [0.1, 0.15) is 11.6 Å². The molecule has 3 rings (SSSR count). The number of nitrogens with one attached hydrogen (secondary N) is 1. The van der Waals surface area contributed by atoms with Gasteiger partial charge in [-0.05, 0) is 79.6 Å². The van der Waals surface area contributed by atoms with Crippen LogP contribution in [0.5, 0.6) is 0 Å². The number of sulfone groups is 1. The van der Waals surface area contributed by atoms with E-state index in [1.54, 1.807) is 25.7 Å². The van der Waals surface area contributed by atoms with E-state index in [-0.39, 0.29) is 28.7 Å². The lowest BCUT2D eigenvalue weighted by molar-refractivity contribution is -0.136. The zero-order valence-corrected chi connectivity index (χ0v) is 26.1. The summed E-state index contributed by atoms with van der Waals surface area (Å²) in [5.41, 5.74) is -1.18. The summed E-state index contributed by atoms with van der Waals surface area (Å²) in [5, 5.41) is 2.48. The highest BCUT2D eigenvalue weighted by Gasteiger charge is 2.52. The lowest BCUT2D eigenvalue weighted by atomic mass is 9.81. The van der Waals surface area contributed by atoms with Crippen molar-refractivity contribution in [3.63, 3.8) is 0 Å². The second-order valence-corrected chi connectivity index (χ2v) is 15.2. The molecule has 2 unspecified atom stereocenters. The van der Waals surface area contributed by atoms with Gasteiger partial charge >= 0.3 is 13.2 Å². The van der Waals surface area contributed by atoms with Crippen molar-refractivity contribution in [2.45, 2.75) is 110 Å². The number of ether oxygens (including phenoxy) is 1. The van der Waals surface area contributed by atoms with Gasteiger partial charge in [0.05, 0.1) is 17.0 Å². The molecule has 2 atom stereocenters. The Hall–Kier alpha value is -2.25. The van der Waals surface area contributed by atoms with E-state index in [1.807, 2.05) is 41.5 Å². The first-order valence-corrected chi connectivity index (χ1v) is 15.7. The fraction of sp³-hybridized carbons (Fsp3) is 0.778. The molecule has 224 valence electrons. The maximum Gasteiger partial charge on any atom is 0.498 e. The normalized spacial score (nSPS) is 21.8. The Bertz CT molecular complexity index is 1150. The molecule has 3 heterocycles. The summed E-state index contributed by atoms with van der Waals surface area (Å²) in [5.74, 6) is -0.446. The van der Waals surface area contributed by atoms with Crippen LogP contribution in [0.15, 0.2) is 17.6 Å². The molecule has 0 radical (unpaired) electrons. The number of piperidine rings is 1. The maximum absolute atomic E-state index is 13.3. The molecule has 40 heavy (non-hydrogen) atoms. The fourth-order valence-corrected chi connectivity index (χ4v) is 5.90. The van der Waals surface area contributed by atoms with Crippen molar-refractivity contribution in [2.24, 2.45) is 11.8 Å². The van der Waals surface area contributed by atoms with Gasteiger partial charge < -0.3 is 24.3 Å². The Kier molecular flexibility index (Phi) is 9.63. The number of aromatic nitrogens is 2. The second kappa shape index (κ2) is 11.9. The standard InChI is InChI=1S/C27H45BN4O7S/c1-18(2)21(31-24(34)37-25(3,4)5)22(33)32-13-10-11-19(17-32)12-14-40(35,36)23-29-15-20(16-30-23)28-38-26(6,7)27(8,9)39-28/h15-16,18-19,21H,10-14,17H2,1-9H3,(H,31,34). The van der Waals surface area contributed by atoms with Crippen molar-refractivity contribution < 1.29 is 32.1 Å². The van der Waals surface area contributed by atoms with Crippen molar-refractivity contribution in [2.75, 3.05) is 18.8 Å². The summed E-state index contributed by atoms with van der Waals surface area (Å²) in [7, 11) is -4.40. The minimum atomic E-state index is -3.73. The highest BCUT2D eigenvalue weighted by molar-refractivity contribution is 7.91. The number of amides is 2. The molecule has 1 aromatic heterocycles. The number of carbonyl (C=O) groups is 2. The minimum absolute atomic E-state index is 0.00541. The van der Waals surface area contributed by atoms with Gasteiger partial charge in [0.15, 0.2) is 0 Å². The zero-order valence-electron chi connectivity index (χ0n) is 25.3. The molecular weight excluding hydrogens is 535 g/mol. The molecule has 2 fully saturated rings. The van der Waals surface area contributed by atoms with Gasteiger partial charge in [-0.1, -0.05) is 13.8 Å². The smallest absolute Gasteiger partial charge is 0.444 e. The first-order valence-electron chi connectivity index (χ1n) is 14.0. The van der Waals surface area contributed by atoms with Gasteiger partial charge in [0, 0.05) is 30.9 Å². The predicted octanol–water partition coefficient (Wildman–Crippen LogP) is 2.73. The Balaban J connectivity index is 1.58. The summed E-state index contributed by atoms with van der Waals surface area (Å²) in [4.78, 5) is 35.6. The van der Waals surface area contributed by atoms with Crippen molar-refractivity contribution in [3.8, 4) is 0 Å². The second-order valence-electron chi connectivity index (χ2n) is 13.2. The zero-order chi connectivity index (χ0) is 30.1. The van der Waals surface area contributed by atoms with E-state index in [4.69, 9.17) is 14.0 Å². The summed E-state index contributed by atoms with van der Waals surface area (Å²) < 4.78 is 43.4. The van der Waals surface area contributed by atoms with Crippen LogP contribution < -0.4 is 10.8 Å². The van der Waals surface area contributed by atoms with E-state index in [1.165, 1.54) is 12.4 Å². The molecule has 2 aliphatic heterocycles. The van der Waals surface area contributed by atoms with Gasteiger partial charge in [0.25, 0.3) is 0 Å². The first kappa shape index (κ1) is 32.3. The Morgan fingerprint density at radius 2 is 1.73 bits per heavy atom. The SMILES string of the molecule is CC(C)C(NC(=O)OC(C)(C)C)C(=O)N1CCCC(CCS(=O)(=O)c2ncc(B3OC(C)(C)C(C)(C)O3)cn2)C1. The van der Waals surface area contributed by atoms with E-state index in [9.17, 15) is 18.0 Å². The van der Waals surface area contributed by atoms with Crippen LogP contribution in [-0.4, -0.2) is 84.1 Å². The summed E-state index contributed by atoms with van der Waals surface area (Å²) in [6, 6.07) is -0.728. The van der Waals surface area contributed by atoms with Crippen LogP contribution in [0, 0.1) is 11.8 Å². The van der Waals surface area contributed by atoms with Crippen LogP contribution in [0.1, 0.15) is 81.6 Å². The Morgan fingerprint density at radius 1 is 1.15 bits per heavy atom. The Labute approximate surface area is 239 Å². The quantitative estimate of drug-likeness (QED) is 0.364. The van der Waals surface area contributed by atoms with Gasteiger partial charge in [-0.25, -0.2) is 23.2 Å². The van der Waals surface area contributed by atoms with Crippen LogP contribution in [0.4, 0.5) is 4.79 Å². The van der Waals surface area contributed by atoms with Gasteiger partial charge in [-0.2, -0.15) is 0 Å². The van der Waals surface area contributed by atoms with Crippen molar-refractivity contribution in [1.29, 1.82) is 0 Å². The molecule has 0 spiro atoms. The average molecular weight is 581 g/mol. The molecule has 0 aliphatic carbocycles. The van der Waals surface area contributed by atoms with Crippen molar-refractivity contribution >= 4 is 34.4 Å². The number of rotatable bonds is 8. The molecule has 11 nitrogen and oxygen atoms in total. The molecule has 1 aromatic rings. The number of carbonyl (C=O) groups excluding carboxylic acids is 2. The number of hydrogen-bond acceptors (Lipinski definition) is 9. The van der Waals surface area contributed by atoms with E-state index >= 15 is 0 Å². The van der Waals surface area contributed by atoms with Gasteiger partial charge in [0.2, 0.25) is 20.9 Å². The highest BCUT2D eigenvalue weighted by Crippen LogP contribution is 2.36. The van der Waals surface area contributed by atoms with Crippen LogP contribution in [0.3, 0.4) is 0 Å². The van der Waals surface area contributed by atoms with E-state index in [0.29, 0.717) is 25.0 Å². The molecule has 2 saturated heterocycles. The number of alkyl carbamates (subject to hydrolysis) is 1. The molecule has 0 saturated carbocycles. The summed E-state index contributed by atoms with van der Waals surface area (Å²) in [6.07, 6.45) is 4.18. The van der Waals surface area contributed by atoms with Gasteiger partial charge in [-0.15, -0.1) is 0 Å². The van der Waals surface area contributed by atoms with Crippen molar-refractivity contribution in [1.82, 2.24) is 20.2 Å². The number of nitrogens with zero attached hydrogens (tertiary/aromatic N) is 3. The third-order valence-corrected chi connectivity index (χ3v) is 9.22. The fourth-order valence-electron chi connectivity index (χ4n) is 4.65. The molecule has 2 aliphatic rings. The molecular formula is C27H45BN4O7S. The van der Waals surface area contributed by atoms with E-state index in [0.717, 1.165) is 12.8 Å². The van der Waals surface area contributed by atoms with Crippen molar-refractivity contribution in [3.05, 3.63) is 12.4 Å². The van der Waals surface area contributed by atoms with Gasteiger partial charge in [-0.3, -0.25) is 4.79 Å². The number of likely N-dealkylation sites (tertiary alicyclic amines) is 1. The topological polar surface area (TPSA) is 137 Å². The van der Waals surface area contributed by atoms with Crippen LogP contribution in [0.25, 0.3) is 0 Å². The summed E-state index contributed by atoms with van der Waals surface area (Å²) >= 11 is 0. The third-order valence-electron chi connectivity index (χ3n) is 7.68. The van der Waals surface area contributed by atoms with Crippen LogP contribution in [0.2, 0.25) is 0 Å². The average Bonchev–Trinajstić information content (AvgIpc) is 3.06. The van der Waals surface area contributed by atoms with Crippen LogP contribution in [-0.2, 0) is 28.7 Å². The summed E-state index contributed by atoms with van der Waals surface area (Å²) in [6.45, 7) is 17.8.